The van der Waals surface area contributed by atoms with E-state index in [9.17, 15) is 4.79 Å². The first kappa shape index (κ1) is 19.0. The second kappa shape index (κ2) is 7.37. The zero-order valence-electron chi connectivity index (χ0n) is 16.5. The number of aromatic nitrogens is 2. The minimum atomic E-state index is -0.120. The van der Waals surface area contributed by atoms with Crippen LogP contribution in [0.3, 0.4) is 0 Å². The topological polar surface area (TPSA) is 49.0 Å². The number of benzene rings is 2. The van der Waals surface area contributed by atoms with Gasteiger partial charge in [-0.3, -0.25) is 9.69 Å². The Morgan fingerprint density at radius 1 is 1.17 bits per heavy atom. The maximum absolute atomic E-state index is 13.6. The van der Waals surface area contributed by atoms with Gasteiger partial charge in [0.05, 0.1) is 21.2 Å². The number of hydrogen-bond acceptors (Lipinski definition) is 3. The van der Waals surface area contributed by atoms with Crippen molar-refractivity contribution in [1.82, 2.24) is 9.97 Å². The lowest BCUT2D eigenvalue weighted by Gasteiger charge is -2.40. The van der Waals surface area contributed by atoms with Crippen molar-refractivity contribution in [3.8, 4) is 0 Å². The fraction of sp³-hybridized carbons (Fsp3) is 0.391. The van der Waals surface area contributed by atoms with E-state index in [0.717, 1.165) is 35.4 Å². The lowest BCUT2D eigenvalue weighted by molar-refractivity contribution is -0.118. The van der Waals surface area contributed by atoms with Crippen molar-refractivity contribution in [3.05, 3.63) is 58.9 Å². The summed E-state index contributed by atoms with van der Waals surface area (Å²) in [5, 5.41) is 0.566. The summed E-state index contributed by atoms with van der Waals surface area (Å²) in [4.78, 5) is 23.6. The SMILES string of the molecule is Cc1ccc(N2C(=O)C(Cc3nc4ccc(Cl)cc4[nH]3)SC23CCCCC3)cc1. The van der Waals surface area contributed by atoms with E-state index in [-0.39, 0.29) is 16.0 Å². The Hall–Kier alpha value is -1.98. The molecule has 6 heteroatoms. The first-order valence-corrected chi connectivity index (χ1v) is 11.5. The summed E-state index contributed by atoms with van der Waals surface area (Å²) >= 11 is 7.95. The summed E-state index contributed by atoms with van der Waals surface area (Å²) < 4.78 is 0. The normalized spacial score (nSPS) is 21.4. The molecule has 0 bridgehead atoms. The first-order chi connectivity index (χ1) is 14.0. The molecule has 0 radical (unpaired) electrons. The highest BCUT2D eigenvalue weighted by molar-refractivity contribution is 8.02. The summed E-state index contributed by atoms with van der Waals surface area (Å²) in [5.41, 5.74) is 4.05. The van der Waals surface area contributed by atoms with Crippen LogP contribution in [0.1, 0.15) is 43.5 Å². The molecular formula is C23H24ClN3OS. The number of nitrogens with one attached hydrogen (secondary N) is 1. The molecule has 1 unspecified atom stereocenters. The van der Waals surface area contributed by atoms with Gasteiger partial charge in [0.2, 0.25) is 5.91 Å². The number of amides is 1. The summed E-state index contributed by atoms with van der Waals surface area (Å²) in [7, 11) is 0. The molecule has 2 aliphatic rings. The van der Waals surface area contributed by atoms with Gasteiger partial charge >= 0.3 is 0 Å². The molecule has 1 aliphatic carbocycles. The summed E-state index contributed by atoms with van der Waals surface area (Å²) in [6.07, 6.45) is 6.34. The molecule has 2 fully saturated rings. The number of imidazole rings is 1. The van der Waals surface area contributed by atoms with Crippen LogP contribution in [0.5, 0.6) is 0 Å². The Kier molecular flexibility index (Phi) is 4.83. The van der Waals surface area contributed by atoms with Gasteiger partial charge in [0.1, 0.15) is 5.82 Å². The van der Waals surface area contributed by atoms with Crippen LogP contribution < -0.4 is 4.90 Å². The Labute approximate surface area is 180 Å². The minimum Gasteiger partial charge on any atom is -0.342 e. The molecule has 1 N–H and O–H groups in total. The molecule has 1 amide bonds. The predicted octanol–water partition coefficient (Wildman–Crippen LogP) is 5.88. The van der Waals surface area contributed by atoms with Gasteiger partial charge in [0.25, 0.3) is 0 Å². The second-order valence-electron chi connectivity index (χ2n) is 8.17. The predicted molar refractivity (Wildman–Crippen MR) is 121 cm³/mol. The van der Waals surface area contributed by atoms with E-state index in [0.29, 0.717) is 11.4 Å². The average molecular weight is 426 g/mol. The third-order valence-electron chi connectivity index (χ3n) is 6.06. The first-order valence-electron chi connectivity index (χ1n) is 10.3. The van der Waals surface area contributed by atoms with Crippen LogP contribution in [-0.4, -0.2) is 26.0 Å². The maximum atomic E-state index is 13.6. The fourth-order valence-corrected chi connectivity index (χ4v) is 6.63. The molecule has 5 rings (SSSR count). The third-order valence-corrected chi connectivity index (χ3v) is 7.98. The monoisotopic (exact) mass is 425 g/mol. The van der Waals surface area contributed by atoms with Crippen molar-refractivity contribution in [1.29, 1.82) is 0 Å². The molecule has 2 heterocycles. The smallest absolute Gasteiger partial charge is 0.241 e. The van der Waals surface area contributed by atoms with Gasteiger partial charge in [-0.25, -0.2) is 4.98 Å². The number of hydrogen-bond donors (Lipinski definition) is 1. The fourth-order valence-electron chi connectivity index (χ4n) is 4.65. The minimum absolute atomic E-state index is 0.120. The molecule has 1 atom stereocenters. The second-order valence-corrected chi connectivity index (χ2v) is 10.2. The van der Waals surface area contributed by atoms with E-state index < -0.39 is 0 Å². The molecule has 29 heavy (non-hydrogen) atoms. The van der Waals surface area contributed by atoms with Gasteiger partial charge < -0.3 is 4.98 Å². The standard InChI is InChI=1S/C23H24ClN3OS/c1-15-5-8-17(9-6-15)27-22(28)20(29-23(27)11-3-2-4-12-23)14-21-25-18-10-7-16(24)13-19(18)26-21/h5-10,13,20H,2-4,11-12,14H2,1H3,(H,25,26). The molecule has 150 valence electrons. The average Bonchev–Trinajstić information content (AvgIpc) is 3.21. The quantitative estimate of drug-likeness (QED) is 0.570. The highest BCUT2D eigenvalue weighted by Crippen LogP contribution is 2.52. The van der Waals surface area contributed by atoms with Crippen LogP contribution >= 0.6 is 23.4 Å². The Morgan fingerprint density at radius 3 is 2.69 bits per heavy atom. The molecular weight excluding hydrogens is 402 g/mol. The zero-order valence-corrected chi connectivity index (χ0v) is 18.0. The number of thioether (sulfide) groups is 1. The van der Waals surface area contributed by atoms with Crippen molar-refractivity contribution in [2.75, 3.05) is 4.90 Å². The van der Waals surface area contributed by atoms with E-state index in [1.54, 1.807) is 0 Å². The molecule has 1 aromatic heterocycles. The van der Waals surface area contributed by atoms with Crippen LogP contribution in [0.15, 0.2) is 42.5 Å². The van der Waals surface area contributed by atoms with E-state index in [2.05, 4.69) is 41.1 Å². The largest absolute Gasteiger partial charge is 0.342 e. The molecule has 2 aromatic carbocycles. The van der Waals surface area contributed by atoms with E-state index in [1.165, 1.54) is 24.8 Å². The number of H-pyrrole nitrogens is 1. The highest BCUT2D eigenvalue weighted by atomic mass is 35.5. The van der Waals surface area contributed by atoms with Crippen molar-refractivity contribution in [3.63, 3.8) is 0 Å². The zero-order chi connectivity index (χ0) is 20.0. The maximum Gasteiger partial charge on any atom is 0.241 e. The van der Waals surface area contributed by atoms with Crippen molar-refractivity contribution < 1.29 is 4.79 Å². The number of anilines is 1. The third kappa shape index (κ3) is 3.44. The number of carbonyl (C=O) groups is 1. The lowest BCUT2D eigenvalue weighted by Crippen LogP contribution is -2.46. The molecule has 1 aliphatic heterocycles. The highest BCUT2D eigenvalue weighted by Gasteiger charge is 2.52. The number of nitrogens with zero attached hydrogens (tertiary/aromatic N) is 2. The molecule has 1 saturated carbocycles. The van der Waals surface area contributed by atoms with Crippen molar-refractivity contribution in [2.45, 2.75) is 55.6 Å². The van der Waals surface area contributed by atoms with Gasteiger partial charge in [0, 0.05) is 17.1 Å². The van der Waals surface area contributed by atoms with Crippen molar-refractivity contribution in [2.24, 2.45) is 0 Å². The van der Waals surface area contributed by atoms with Gasteiger partial charge in [-0.2, -0.15) is 0 Å². The van der Waals surface area contributed by atoms with Gasteiger partial charge in [-0.05, 0) is 50.1 Å². The molecule has 3 aromatic rings. The van der Waals surface area contributed by atoms with Crippen LogP contribution in [-0.2, 0) is 11.2 Å². The van der Waals surface area contributed by atoms with Crippen molar-refractivity contribution >= 4 is 46.0 Å². The number of carbonyl (C=O) groups excluding carboxylic acids is 1. The number of halogens is 1. The number of aryl methyl sites for hydroxylation is 1. The Balaban J connectivity index is 1.47. The van der Waals surface area contributed by atoms with Gasteiger partial charge in [-0.15, -0.1) is 11.8 Å². The van der Waals surface area contributed by atoms with Gasteiger partial charge in [0.15, 0.2) is 0 Å². The van der Waals surface area contributed by atoms with E-state index in [1.807, 2.05) is 30.0 Å². The Morgan fingerprint density at radius 2 is 1.93 bits per heavy atom. The number of aromatic amines is 1. The Bertz CT molecular complexity index is 1060. The molecule has 1 saturated heterocycles. The van der Waals surface area contributed by atoms with Gasteiger partial charge in [-0.1, -0.05) is 48.6 Å². The number of rotatable bonds is 3. The van der Waals surface area contributed by atoms with E-state index in [4.69, 9.17) is 16.6 Å². The van der Waals surface area contributed by atoms with E-state index >= 15 is 0 Å². The summed E-state index contributed by atoms with van der Waals surface area (Å²) in [5.74, 6) is 1.06. The van der Waals surface area contributed by atoms with Crippen LogP contribution in [0.4, 0.5) is 5.69 Å². The van der Waals surface area contributed by atoms with Crippen LogP contribution in [0.2, 0.25) is 5.02 Å². The molecule has 1 spiro atoms. The summed E-state index contributed by atoms with van der Waals surface area (Å²) in [6.45, 7) is 2.08. The summed E-state index contributed by atoms with van der Waals surface area (Å²) in [6, 6.07) is 14.0. The van der Waals surface area contributed by atoms with Crippen LogP contribution in [0, 0.1) is 6.92 Å². The number of fused-ring (bicyclic) bond motifs is 1. The van der Waals surface area contributed by atoms with Crippen LogP contribution in [0.25, 0.3) is 11.0 Å². The molecule has 4 nitrogen and oxygen atoms in total. The lowest BCUT2D eigenvalue weighted by atomic mass is 9.92.